The molecule has 0 saturated heterocycles. The van der Waals surface area contributed by atoms with Crippen LogP contribution >= 0.6 is 0 Å². The molecule has 0 atom stereocenters. The molecule has 4 aromatic rings. The predicted molar refractivity (Wildman–Crippen MR) is 106 cm³/mol. The highest BCUT2D eigenvalue weighted by atomic mass is 16.7. The van der Waals surface area contributed by atoms with Crippen LogP contribution in [0.1, 0.15) is 6.92 Å². The van der Waals surface area contributed by atoms with Crippen molar-refractivity contribution in [2.75, 3.05) is 13.7 Å². The topological polar surface area (TPSA) is 26.2 Å². The molecule has 0 aliphatic heterocycles. The van der Waals surface area contributed by atoms with E-state index in [9.17, 15) is 0 Å². The molecule has 0 aliphatic rings. The van der Waals surface area contributed by atoms with Crippen molar-refractivity contribution in [2.45, 2.75) is 6.92 Å². The minimum absolute atomic E-state index is 0.684. The number of benzene rings is 2. The lowest BCUT2D eigenvalue weighted by molar-refractivity contribution is -0.890. The molecule has 0 spiro atoms. The highest BCUT2D eigenvalue weighted by molar-refractivity contribution is 5.80. The molecule has 4 nitrogen and oxygen atoms in total. The zero-order chi connectivity index (χ0) is 18.9. The molecule has 0 bridgehead atoms. The van der Waals surface area contributed by atoms with Crippen molar-refractivity contribution in [2.24, 2.45) is 0 Å². The van der Waals surface area contributed by atoms with Crippen molar-refractivity contribution in [3.8, 4) is 11.1 Å². The normalized spacial score (nSPS) is 10.0. The van der Waals surface area contributed by atoms with E-state index in [1.165, 1.54) is 21.9 Å². The molecule has 2 heterocycles. The van der Waals surface area contributed by atoms with Crippen molar-refractivity contribution in [1.82, 2.24) is 0 Å². The summed E-state index contributed by atoms with van der Waals surface area (Å²) in [5.74, 6) is 0. The molecule has 0 saturated carbocycles. The van der Waals surface area contributed by atoms with Crippen LogP contribution in [0.25, 0.3) is 21.9 Å². The third-order valence-corrected chi connectivity index (χ3v) is 4.06. The molecule has 2 aromatic carbocycles. The first-order chi connectivity index (χ1) is 13.3. The molecule has 4 rings (SSSR count). The zero-order valence-corrected chi connectivity index (χ0v) is 15.7. The number of pyridine rings is 2. The van der Waals surface area contributed by atoms with E-state index < -0.39 is 0 Å². The fraction of sp³-hybridized carbons (Fsp3) is 0.130. The van der Waals surface area contributed by atoms with Gasteiger partial charge >= 0.3 is 0 Å². The Morgan fingerprint density at radius 2 is 1.26 bits per heavy atom. The summed E-state index contributed by atoms with van der Waals surface area (Å²) >= 11 is 0. The standard InChI is InChI=1S/C12H12NO.C11H12NO/c1-14-13-9-7-12(8-10-13)11-5-3-2-4-6-11;1-2-13-12-8-7-10-5-3-4-6-11(10)9-12/h2-10H,1H3;3-9H,2H2,1H3/q2*+1. The van der Waals surface area contributed by atoms with Gasteiger partial charge in [0.25, 0.3) is 0 Å². The molecular weight excluding hydrogens is 336 g/mol. The van der Waals surface area contributed by atoms with E-state index in [4.69, 9.17) is 9.68 Å². The van der Waals surface area contributed by atoms with E-state index in [1.54, 1.807) is 16.6 Å². The van der Waals surface area contributed by atoms with Crippen molar-refractivity contribution in [3.63, 3.8) is 0 Å². The minimum Gasteiger partial charge on any atom is -0.275 e. The first-order valence-corrected chi connectivity index (χ1v) is 8.94. The molecule has 27 heavy (non-hydrogen) atoms. The molecule has 0 fully saturated rings. The SMILES string of the molecule is CCO[n+]1ccc2ccccc2c1.CO[n+]1ccc(-c2ccccc2)cc1. The smallest absolute Gasteiger partial charge is 0.230 e. The minimum atomic E-state index is 0.684. The van der Waals surface area contributed by atoms with Gasteiger partial charge < -0.3 is 0 Å². The van der Waals surface area contributed by atoms with E-state index in [1.807, 2.05) is 80.2 Å². The van der Waals surface area contributed by atoms with Crippen LogP contribution in [-0.2, 0) is 0 Å². The van der Waals surface area contributed by atoms with E-state index in [0.717, 1.165) is 0 Å². The summed E-state index contributed by atoms with van der Waals surface area (Å²) in [6.07, 6.45) is 7.69. The Hall–Kier alpha value is -3.40. The van der Waals surface area contributed by atoms with Gasteiger partial charge in [-0.3, -0.25) is 9.68 Å². The fourth-order valence-electron chi connectivity index (χ4n) is 2.70. The molecule has 0 aliphatic carbocycles. The first-order valence-electron chi connectivity index (χ1n) is 8.94. The summed E-state index contributed by atoms with van der Waals surface area (Å²) in [7, 11) is 1.64. The van der Waals surface area contributed by atoms with Crippen LogP contribution in [0.15, 0.2) is 97.6 Å². The Morgan fingerprint density at radius 1 is 0.667 bits per heavy atom. The lowest BCUT2D eigenvalue weighted by atomic mass is 10.1. The van der Waals surface area contributed by atoms with Crippen LogP contribution in [-0.4, -0.2) is 13.7 Å². The van der Waals surface area contributed by atoms with Crippen LogP contribution in [0.4, 0.5) is 0 Å². The monoisotopic (exact) mass is 360 g/mol. The Balaban J connectivity index is 0.000000156. The van der Waals surface area contributed by atoms with E-state index in [0.29, 0.717) is 6.61 Å². The molecule has 0 N–H and O–H groups in total. The van der Waals surface area contributed by atoms with Crippen LogP contribution in [0, 0.1) is 0 Å². The zero-order valence-electron chi connectivity index (χ0n) is 15.7. The summed E-state index contributed by atoms with van der Waals surface area (Å²) in [6.45, 7) is 2.66. The number of hydrogen-bond donors (Lipinski definition) is 0. The van der Waals surface area contributed by atoms with Crippen LogP contribution in [0.3, 0.4) is 0 Å². The van der Waals surface area contributed by atoms with Crippen LogP contribution in [0.2, 0.25) is 0 Å². The average molecular weight is 360 g/mol. The Labute approximate surface area is 159 Å². The summed E-state index contributed by atoms with van der Waals surface area (Å²) in [4.78, 5) is 10.4. The van der Waals surface area contributed by atoms with Gasteiger partial charge in [-0.05, 0) is 29.5 Å². The lowest BCUT2D eigenvalue weighted by Crippen LogP contribution is -2.41. The van der Waals surface area contributed by atoms with Gasteiger partial charge in [-0.2, -0.15) is 0 Å². The van der Waals surface area contributed by atoms with Gasteiger partial charge in [-0.25, -0.2) is 0 Å². The number of nitrogens with zero attached hydrogens (tertiary/aromatic N) is 2. The van der Waals surface area contributed by atoms with Crippen molar-refractivity contribution in [1.29, 1.82) is 0 Å². The Bertz CT molecular complexity index is 970. The van der Waals surface area contributed by atoms with Crippen molar-refractivity contribution in [3.05, 3.63) is 97.6 Å². The molecular formula is C23H24N2O2+2. The summed E-state index contributed by atoms with van der Waals surface area (Å²) < 4.78 is 3.40. The van der Waals surface area contributed by atoms with Gasteiger partial charge in [-0.15, -0.1) is 0 Å². The maximum absolute atomic E-state index is 5.33. The Kier molecular flexibility index (Phi) is 6.36. The van der Waals surface area contributed by atoms with E-state index in [-0.39, 0.29) is 0 Å². The van der Waals surface area contributed by atoms with Crippen LogP contribution < -0.4 is 19.1 Å². The number of hydrogen-bond acceptors (Lipinski definition) is 2. The molecule has 136 valence electrons. The van der Waals surface area contributed by atoms with E-state index >= 15 is 0 Å². The maximum Gasteiger partial charge on any atom is 0.230 e. The number of rotatable bonds is 4. The average Bonchev–Trinajstić information content (AvgIpc) is 2.75. The quantitative estimate of drug-likeness (QED) is 0.522. The van der Waals surface area contributed by atoms with Gasteiger partial charge in [0.15, 0.2) is 6.61 Å². The fourth-order valence-corrected chi connectivity index (χ4v) is 2.70. The van der Waals surface area contributed by atoms with Gasteiger partial charge in [0.05, 0.1) is 5.39 Å². The van der Waals surface area contributed by atoms with Gasteiger partial charge in [0.1, 0.15) is 7.11 Å². The molecule has 4 heteroatoms. The van der Waals surface area contributed by atoms with Gasteiger partial charge in [0.2, 0.25) is 24.8 Å². The second kappa shape index (κ2) is 9.34. The maximum atomic E-state index is 5.33. The largest absolute Gasteiger partial charge is 0.275 e. The predicted octanol–water partition coefficient (Wildman–Crippen LogP) is 3.28. The second-order valence-corrected chi connectivity index (χ2v) is 5.85. The number of fused-ring (bicyclic) bond motifs is 1. The third-order valence-electron chi connectivity index (χ3n) is 4.06. The second-order valence-electron chi connectivity index (χ2n) is 5.85. The van der Waals surface area contributed by atoms with Gasteiger partial charge in [0, 0.05) is 27.7 Å². The summed E-state index contributed by atoms with van der Waals surface area (Å²) in [6, 6.07) is 24.6. The lowest BCUT2D eigenvalue weighted by Gasteiger charge is -1.98. The van der Waals surface area contributed by atoms with Crippen molar-refractivity contribution >= 4 is 10.8 Å². The first kappa shape index (κ1) is 18.4. The molecule has 0 amide bonds. The van der Waals surface area contributed by atoms with Crippen molar-refractivity contribution < 1.29 is 19.1 Å². The summed E-state index contributed by atoms with van der Waals surface area (Å²) in [5, 5.41) is 2.43. The van der Waals surface area contributed by atoms with Crippen LogP contribution in [0.5, 0.6) is 0 Å². The van der Waals surface area contributed by atoms with Gasteiger partial charge in [-0.1, -0.05) is 48.5 Å². The third kappa shape index (κ3) is 5.05. The Morgan fingerprint density at radius 3 is 1.93 bits per heavy atom. The number of aromatic nitrogens is 2. The molecule has 2 aromatic heterocycles. The highest BCUT2D eigenvalue weighted by Gasteiger charge is 2.02. The molecule has 0 radical (unpaired) electrons. The highest BCUT2D eigenvalue weighted by Crippen LogP contribution is 2.16. The summed E-state index contributed by atoms with van der Waals surface area (Å²) in [5.41, 5.74) is 2.41. The molecule has 0 unspecified atom stereocenters. The van der Waals surface area contributed by atoms with E-state index in [2.05, 4.69) is 24.3 Å².